The van der Waals surface area contributed by atoms with Gasteiger partial charge in [0.1, 0.15) is 11.3 Å². The second-order valence-electron chi connectivity index (χ2n) is 10.6. The van der Waals surface area contributed by atoms with Crippen LogP contribution >= 0.6 is 11.8 Å². The summed E-state index contributed by atoms with van der Waals surface area (Å²) in [5, 5.41) is 22.1. The van der Waals surface area contributed by atoms with Gasteiger partial charge in [-0.1, -0.05) is 32.9 Å². The molecule has 0 bridgehead atoms. The molecule has 1 unspecified atom stereocenters. The Kier molecular flexibility index (Phi) is 7.87. The molecule has 1 aliphatic rings. The molecule has 1 atom stereocenters. The Morgan fingerprint density at radius 3 is 2.56 bits per heavy atom. The number of imidazole rings is 1. The number of aliphatic hydroxyl groups is 1. The van der Waals surface area contributed by atoms with Crippen LogP contribution in [0.25, 0.3) is 16.9 Å². The zero-order valence-electron chi connectivity index (χ0n) is 21.1. The molecule has 2 aromatic heterocycles. The number of halogens is 3. The van der Waals surface area contributed by atoms with Crippen LogP contribution in [-0.2, 0) is 0 Å². The second kappa shape index (κ2) is 10.6. The van der Waals surface area contributed by atoms with E-state index in [0.717, 1.165) is 52.4 Å². The van der Waals surface area contributed by atoms with Crippen LogP contribution in [0.5, 0.6) is 0 Å². The summed E-state index contributed by atoms with van der Waals surface area (Å²) in [7, 11) is 0. The van der Waals surface area contributed by atoms with Crippen molar-refractivity contribution < 1.29 is 18.3 Å². The molecule has 0 radical (unpaired) electrons. The third-order valence-electron chi connectivity index (χ3n) is 6.10. The minimum absolute atomic E-state index is 0.170. The van der Waals surface area contributed by atoms with Crippen molar-refractivity contribution >= 4 is 23.1 Å². The Morgan fingerprint density at radius 2 is 1.92 bits per heavy atom. The summed E-state index contributed by atoms with van der Waals surface area (Å²) >= 11 is 1.58. The number of anilines is 1. The van der Waals surface area contributed by atoms with Gasteiger partial charge in [0.15, 0.2) is 5.65 Å². The topological polar surface area (TPSA) is 74.5 Å². The molecule has 2 heterocycles. The van der Waals surface area contributed by atoms with Crippen LogP contribution in [-0.4, -0.2) is 44.2 Å². The smallest absolute Gasteiger partial charge is 0.382 e. The normalized spacial score (nSPS) is 15.4. The molecule has 0 saturated heterocycles. The van der Waals surface area contributed by atoms with Crippen LogP contribution in [0.4, 0.5) is 18.9 Å². The summed E-state index contributed by atoms with van der Waals surface area (Å²) in [6.07, 6.45) is -1.06. The Labute approximate surface area is 214 Å². The van der Waals surface area contributed by atoms with E-state index in [4.69, 9.17) is 5.10 Å². The average molecular weight is 522 g/mol. The molecule has 36 heavy (non-hydrogen) atoms. The summed E-state index contributed by atoms with van der Waals surface area (Å²) in [6, 6.07) is 7.95. The van der Waals surface area contributed by atoms with Crippen molar-refractivity contribution in [2.45, 2.75) is 76.9 Å². The van der Waals surface area contributed by atoms with E-state index in [1.54, 1.807) is 28.5 Å². The zero-order valence-corrected chi connectivity index (χ0v) is 21.9. The van der Waals surface area contributed by atoms with Crippen LogP contribution in [0.15, 0.2) is 35.5 Å². The van der Waals surface area contributed by atoms with E-state index in [2.05, 4.69) is 36.4 Å². The lowest BCUT2D eigenvalue weighted by atomic mass is 9.94. The van der Waals surface area contributed by atoms with Crippen molar-refractivity contribution in [1.82, 2.24) is 19.9 Å². The molecule has 6 nitrogen and oxygen atoms in total. The number of hydrogen-bond acceptors (Lipinski definition) is 6. The highest BCUT2D eigenvalue weighted by Gasteiger charge is 2.27. The average Bonchev–Trinajstić information content (AvgIpc) is 3.47. The fraction of sp³-hybridized carbons (Fsp3) is 0.538. The van der Waals surface area contributed by atoms with Gasteiger partial charge < -0.3 is 10.4 Å². The van der Waals surface area contributed by atoms with Gasteiger partial charge in [-0.25, -0.2) is 9.50 Å². The van der Waals surface area contributed by atoms with Crippen molar-refractivity contribution in [3.8, 4) is 11.3 Å². The van der Waals surface area contributed by atoms with Gasteiger partial charge >= 0.3 is 6.18 Å². The van der Waals surface area contributed by atoms with Crippen LogP contribution < -0.4 is 10.6 Å². The Hall–Kier alpha value is -2.30. The lowest BCUT2D eigenvalue weighted by Gasteiger charge is -2.17. The van der Waals surface area contributed by atoms with E-state index in [9.17, 15) is 18.3 Å². The van der Waals surface area contributed by atoms with Crippen molar-refractivity contribution in [3.05, 3.63) is 41.6 Å². The van der Waals surface area contributed by atoms with Crippen molar-refractivity contribution in [1.29, 1.82) is 0 Å². The van der Waals surface area contributed by atoms with Crippen LogP contribution in [0.1, 0.15) is 63.8 Å². The van der Waals surface area contributed by atoms with Crippen LogP contribution in [0.3, 0.4) is 0 Å². The number of hydrogen-bond donors (Lipinski definition) is 3. The van der Waals surface area contributed by atoms with Crippen molar-refractivity contribution in [3.63, 3.8) is 0 Å². The number of aliphatic hydroxyl groups excluding tert-OH is 1. The third kappa shape index (κ3) is 7.14. The lowest BCUT2D eigenvalue weighted by Crippen LogP contribution is -2.23. The molecule has 1 aromatic carbocycles. The summed E-state index contributed by atoms with van der Waals surface area (Å²) in [5.41, 5.74) is 4.53. The first kappa shape index (κ1) is 26.8. The second-order valence-corrected chi connectivity index (χ2v) is 11.8. The standard InChI is InChI=1S/C26H34F3N5OS/c1-16-13-17(5-8-19(16)24(35)32-18-6-7-18)21-15-31-23-20(30-11-9-26(27,28)29)14-22(33-34(21)23)36-12-10-25(2,3)4/h5,8,13-15,18,24,30,32,35H,6-7,9-12H2,1-4H3. The van der Waals surface area contributed by atoms with Gasteiger partial charge in [0, 0.05) is 23.9 Å². The number of nitrogens with zero attached hydrogens (tertiary/aromatic N) is 3. The van der Waals surface area contributed by atoms with E-state index in [1.165, 1.54) is 0 Å². The van der Waals surface area contributed by atoms with E-state index < -0.39 is 18.8 Å². The number of aryl methyl sites for hydroxylation is 1. The fourth-order valence-corrected chi connectivity index (χ4v) is 5.11. The summed E-state index contributed by atoms with van der Waals surface area (Å²) in [4.78, 5) is 4.49. The zero-order chi connectivity index (χ0) is 26.1. The quantitative estimate of drug-likeness (QED) is 0.214. The highest BCUT2D eigenvalue weighted by molar-refractivity contribution is 7.99. The molecule has 1 saturated carbocycles. The first-order chi connectivity index (χ1) is 16.9. The van der Waals surface area contributed by atoms with Crippen LogP contribution in [0, 0.1) is 12.3 Å². The van der Waals surface area contributed by atoms with Gasteiger partial charge in [-0.05, 0) is 54.9 Å². The summed E-state index contributed by atoms with van der Waals surface area (Å²) < 4.78 is 40.0. The van der Waals surface area contributed by atoms with Crippen LogP contribution in [0.2, 0.25) is 0 Å². The Morgan fingerprint density at radius 1 is 1.17 bits per heavy atom. The summed E-state index contributed by atoms with van der Waals surface area (Å²) in [5.74, 6) is 0.841. The first-order valence-corrected chi connectivity index (χ1v) is 13.3. The largest absolute Gasteiger partial charge is 0.390 e. The molecule has 3 N–H and O–H groups in total. The SMILES string of the molecule is Cc1cc(-c2cnc3c(NCCC(F)(F)F)cc(SCCC(C)(C)C)nn23)ccc1C(O)NC1CC1. The maximum absolute atomic E-state index is 12.8. The summed E-state index contributed by atoms with van der Waals surface area (Å²) in [6.45, 7) is 8.23. The maximum Gasteiger partial charge on any atom is 0.390 e. The Bertz CT molecular complexity index is 1200. The molecule has 196 valence electrons. The maximum atomic E-state index is 12.8. The molecule has 0 aliphatic heterocycles. The fourth-order valence-electron chi connectivity index (χ4n) is 3.85. The molecule has 1 fully saturated rings. The highest BCUT2D eigenvalue weighted by Crippen LogP contribution is 2.32. The molecule has 1 aliphatic carbocycles. The van der Waals surface area contributed by atoms with E-state index in [1.807, 2.05) is 25.1 Å². The predicted molar refractivity (Wildman–Crippen MR) is 138 cm³/mol. The van der Waals surface area contributed by atoms with E-state index in [-0.39, 0.29) is 12.0 Å². The highest BCUT2D eigenvalue weighted by atomic mass is 32.2. The number of fused-ring (bicyclic) bond motifs is 1. The molecule has 0 spiro atoms. The van der Waals surface area contributed by atoms with Crippen molar-refractivity contribution in [2.75, 3.05) is 17.6 Å². The molecular formula is C26H34F3N5OS. The van der Waals surface area contributed by atoms with E-state index >= 15 is 0 Å². The lowest BCUT2D eigenvalue weighted by molar-refractivity contribution is -0.131. The first-order valence-electron chi connectivity index (χ1n) is 12.3. The predicted octanol–water partition coefficient (Wildman–Crippen LogP) is 6.34. The monoisotopic (exact) mass is 521 g/mol. The van der Waals surface area contributed by atoms with Gasteiger partial charge in [0.2, 0.25) is 0 Å². The van der Waals surface area contributed by atoms with Gasteiger partial charge in [-0.3, -0.25) is 5.32 Å². The molecule has 4 rings (SSSR count). The number of rotatable bonds is 10. The van der Waals surface area contributed by atoms with Crippen molar-refractivity contribution in [2.24, 2.45) is 5.41 Å². The molecular weight excluding hydrogens is 487 g/mol. The number of alkyl halides is 3. The molecule has 10 heteroatoms. The molecule has 3 aromatic rings. The van der Waals surface area contributed by atoms with Gasteiger partial charge in [-0.2, -0.15) is 18.3 Å². The van der Waals surface area contributed by atoms with Gasteiger partial charge in [0.25, 0.3) is 0 Å². The minimum atomic E-state index is -4.24. The minimum Gasteiger partial charge on any atom is -0.382 e. The number of thioether (sulfide) groups is 1. The van der Waals surface area contributed by atoms with E-state index in [0.29, 0.717) is 17.4 Å². The molecule has 0 amide bonds. The third-order valence-corrected chi connectivity index (χ3v) is 7.01. The van der Waals surface area contributed by atoms with Gasteiger partial charge in [0.05, 0.1) is 24.0 Å². The number of aromatic nitrogens is 3. The number of benzene rings is 1. The van der Waals surface area contributed by atoms with Gasteiger partial charge in [-0.15, -0.1) is 11.8 Å². The number of nitrogens with one attached hydrogen (secondary N) is 2. The Balaban J connectivity index is 1.64.